The molecule has 1 amide bonds. The number of thiophene rings is 1. The number of aromatic amines is 1. The van der Waals surface area contributed by atoms with Crippen LogP contribution in [-0.2, 0) is 13.1 Å². The van der Waals surface area contributed by atoms with E-state index in [1.54, 1.807) is 28.4 Å². The molecule has 0 aliphatic heterocycles. The number of hydrogen-bond donors (Lipinski definition) is 1. The average molecular weight is 378 g/mol. The second-order valence-corrected chi connectivity index (χ2v) is 7.46. The third-order valence-corrected chi connectivity index (χ3v) is 5.25. The van der Waals surface area contributed by atoms with Crippen molar-refractivity contribution >= 4 is 28.1 Å². The number of benzene rings is 1. The fourth-order valence-corrected chi connectivity index (χ4v) is 3.75. The maximum Gasteiger partial charge on any atom is 0.290 e. The summed E-state index contributed by atoms with van der Waals surface area (Å²) in [5, 5.41) is 2.91. The van der Waals surface area contributed by atoms with Gasteiger partial charge in [-0.3, -0.25) is 9.59 Å². The molecule has 3 aromatic heterocycles. The maximum atomic E-state index is 12.9. The summed E-state index contributed by atoms with van der Waals surface area (Å²) >= 11 is 1.57. The molecule has 0 aliphatic carbocycles. The summed E-state index contributed by atoms with van der Waals surface area (Å²) in [5.74, 6) is 0.0243. The van der Waals surface area contributed by atoms with Crippen molar-refractivity contribution in [3.63, 3.8) is 0 Å². The Balaban J connectivity index is 1.69. The van der Waals surface area contributed by atoms with Crippen LogP contribution in [0.5, 0.6) is 0 Å². The molecule has 3 heterocycles. The van der Waals surface area contributed by atoms with E-state index in [9.17, 15) is 9.59 Å². The number of pyridine rings is 1. The zero-order valence-corrected chi connectivity index (χ0v) is 15.6. The number of aryl methyl sites for hydroxylation is 1. The minimum Gasteiger partial charge on any atom is -0.459 e. The molecule has 136 valence electrons. The number of furan rings is 1. The summed E-state index contributed by atoms with van der Waals surface area (Å²) in [6.45, 7) is 2.61. The van der Waals surface area contributed by atoms with Crippen LogP contribution in [0.25, 0.3) is 10.9 Å². The molecule has 0 unspecified atom stereocenters. The number of hydrogen-bond acceptors (Lipinski definition) is 4. The number of aromatic nitrogens is 1. The topological polar surface area (TPSA) is 66.3 Å². The molecule has 4 rings (SSSR count). The Morgan fingerprint density at radius 3 is 2.78 bits per heavy atom. The monoisotopic (exact) mass is 378 g/mol. The Morgan fingerprint density at radius 1 is 1.15 bits per heavy atom. The Morgan fingerprint density at radius 2 is 2.04 bits per heavy atom. The summed E-state index contributed by atoms with van der Waals surface area (Å²) in [4.78, 5) is 31.1. The lowest BCUT2D eigenvalue weighted by atomic mass is 10.1. The van der Waals surface area contributed by atoms with E-state index in [2.05, 4.69) is 4.98 Å². The van der Waals surface area contributed by atoms with Crippen LogP contribution in [0, 0.1) is 6.92 Å². The van der Waals surface area contributed by atoms with Crippen molar-refractivity contribution in [2.75, 3.05) is 0 Å². The quantitative estimate of drug-likeness (QED) is 0.562. The van der Waals surface area contributed by atoms with Crippen LogP contribution < -0.4 is 5.56 Å². The first kappa shape index (κ1) is 17.3. The van der Waals surface area contributed by atoms with Gasteiger partial charge in [0.15, 0.2) is 5.76 Å². The van der Waals surface area contributed by atoms with Gasteiger partial charge in [0.1, 0.15) is 0 Å². The van der Waals surface area contributed by atoms with Crippen LogP contribution in [0.4, 0.5) is 0 Å². The van der Waals surface area contributed by atoms with Crippen molar-refractivity contribution < 1.29 is 9.21 Å². The number of rotatable bonds is 5. The molecule has 0 saturated heterocycles. The van der Waals surface area contributed by atoms with E-state index in [0.717, 1.165) is 21.3 Å². The van der Waals surface area contributed by atoms with Crippen molar-refractivity contribution in [3.8, 4) is 0 Å². The van der Waals surface area contributed by atoms with Crippen LogP contribution in [0.3, 0.4) is 0 Å². The third-order valence-electron chi connectivity index (χ3n) is 4.39. The lowest BCUT2D eigenvalue weighted by Gasteiger charge is -2.21. The van der Waals surface area contributed by atoms with E-state index in [1.807, 2.05) is 48.7 Å². The Kier molecular flexibility index (Phi) is 4.64. The number of nitrogens with zero attached hydrogens (tertiary/aromatic N) is 1. The van der Waals surface area contributed by atoms with E-state index in [-0.39, 0.29) is 23.8 Å². The molecule has 27 heavy (non-hydrogen) atoms. The highest BCUT2D eigenvalue weighted by atomic mass is 32.1. The summed E-state index contributed by atoms with van der Waals surface area (Å²) in [6, 6.07) is 15.0. The molecule has 0 aliphatic rings. The van der Waals surface area contributed by atoms with E-state index < -0.39 is 0 Å². The fraction of sp³-hybridized carbons (Fsp3) is 0.143. The summed E-state index contributed by atoms with van der Waals surface area (Å²) in [6.07, 6.45) is 1.47. The summed E-state index contributed by atoms with van der Waals surface area (Å²) in [7, 11) is 0. The molecule has 0 atom stereocenters. The van der Waals surface area contributed by atoms with Crippen molar-refractivity contribution in [1.29, 1.82) is 0 Å². The lowest BCUT2D eigenvalue weighted by Crippen LogP contribution is -2.32. The SMILES string of the molecule is Cc1ccc2cc(CN(Cc3cccs3)C(=O)c3ccco3)c(=O)[nH]c2c1. The van der Waals surface area contributed by atoms with Gasteiger partial charge >= 0.3 is 0 Å². The highest BCUT2D eigenvalue weighted by molar-refractivity contribution is 7.09. The predicted octanol–water partition coefficient (Wildman–Crippen LogP) is 4.33. The lowest BCUT2D eigenvalue weighted by molar-refractivity contribution is 0.0699. The smallest absolute Gasteiger partial charge is 0.290 e. The van der Waals surface area contributed by atoms with Gasteiger partial charge in [-0.15, -0.1) is 11.3 Å². The molecule has 0 radical (unpaired) electrons. The fourth-order valence-electron chi connectivity index (χ4n) is 3.03. The molecule has 0 bridgehead atoms. The number of fused-ring (bicyclic) bond motifs is 1. The van der Waals surface area contributed by atoms with Gasteiger partial charge in [-0.05, 0) is 53.6 Å². The number of carbonyl (C=O) groups is 1. The van der Waals surface area contributed by atoms with Gasteiger partial charge in [0.2, 0.25) is 0 Å². The molecule has 4 aromatic rings. The van der Waals surface area contributed by atoms with E-state index >= 15 is 0 Å². The average Bonchev–Trinajstić information content (AvgIpc) is 3.35. The first-order valence-corrected chi connectivity index (χ1v) is 9.46. The first-order valence-electron chi connectivity index (χ1n) is 8.58. The molecular formula is C21H18N2O3S. The van der Waals surface area contributed by atoms with Crippen LogP contribution in [0.15, 0.2) is 69.4 Å². The van der Waals surface area contributed by atoms with Crippen molar-refractivity contribution in [1.82, 2.24) is 9.88 Å². The van der Waals surface area contributed by atoms with Gasteiger partial charge in [-0.1, -0.05) is 18.2 Å². The van der Waals surface area contributed by atoms with E-state index in [0.29, 0.717) is 12.1 Å². The van der Waals surface area contributed by atoms with Crippen molar-refractivity contribution in [3.05, 3.63) is 92.3 Å². The number of H-pyrrole nitrogens is 1. The van der Waals surface area contributed by atoms with E-state index in [1.165, 1.54) is 6.26 Å². The number of carbonyl (C=O) groups excluding carboxylic acids is 1. The first-order chi connectivity index (χ1) is 13.1. The third kappa shape index (κ3) is 3.71. The Bertz CT molecular complexity index is 1130. The highest BCUT2D eigenvalue weighted by Crippen LogP contribution is 2.18. The second-order valence-electron chi connectivity index (χ2n) is 6.43. The highest BCUT2D eigenvalue weighted by Gasteiger charge is 2.20. The van der Waals surface area contributed by atoms with Crippen LogP contribution >= 0.6 is 11.3 Å². The number of amides is 1. The molecule has 1 aromatic carbocycles. The standard InChI is InChI=1S/C21H18N2O3S/c1-14-6-7-15-11-16(20(24)22-18(15)10-14)12-23(13-17-4-3-9-27-17)21(25)19-5-2-8-26-19/h2-11H,12-13H2,1H3,(H,22,24). The predicted molar refractivity (Wildman–Crippen MR) is 106 cm³/mol. The normalized spacial score (nSPS) is 11.0. The molecule has 0 fully saturated rings. The van der Waals surface area contributed by atoms with Gasteiger partial charge in [0.05, 0.1) is 19.4 Å². The number of nitrogens with one attached hydrogen (secondary N) is 1. The van der Waals surface area contributed by atoms with Gasteiger partial charge in [-0.2, -0.15) is 0 Å². The Labute approximate surface area is 159 Å². The van der Waals surface area contributed by atoms with Crippen molar-refractivity contribution in [2.45, 2.75) is 20.0 Å². The van der Waals surface area contributed by atoms with Gasteiger partial charge in [-0.25, -0.2) is 0 Å². The van der Waals surface area contributed by atoms with Crippen LogP contribution in [0.1, 0.15) is 26.6 Å². The second kappa shape index (κ2) is 7.25. The molecule has 5 nitrogen and oxygen atoms in total. The minimum atomic E-state index is -0.239. The molecule has 0 saturated carbocycles. The molecule has 6 heteroatoms. The van der Waals surface area contributed by atoms with Crippen LogP contribution in [-0.4, -0.2) is 15.8 Å². The largest absolute Gasteiger partial charge is 0.459 e. The summed E-state index contributed by atoms with van der Waals surface area (Å²) in [5.41, 5.74) is 2.24. The van der Waals surface area contributed by atoms with Crippen LogP contribution in [0.2, 0.25) is 0 Å². The minimum absolute atomic E-state index is 0.184. The molecular weight excluding hydrogens is 360 g/mol. The zero-order valence-electron chi connectivity index (χ0n) is 14.8. The molecule has 1 N–H and O–H groups in total. The van der Waals surface area contributed by atoms with Gasteiger partial charge < -0.3 is 14.3 Å². The van der Waals surface area contributed by atoms with Gasteiger partial charge in [0, 0.05) is 16.0 Å². The maximum absolute atomic E-state index is 12.9. The van der Waals surface area contributed by atoms with Crippen molar-refractivity contribution in [2.24, 2.45) is 0 Å². The summed E-state index contributed by atoms with van der Waals surface area (Å²) < 4.78 is 5.27. The van der Waals surface area contributed by atoms with Gasteiger partial charge in [0.25, 0.3) is 11.5 Å². The van der Waals surface area contributed by atoms with E-state index in [4.69, 9.17) is 4.42 Å². The Hall–Kier alpha value is -3.12. The zero-order chi connectivity index (χ0) is 18.8. The molecule has 0 spiro atoms.